The molecule has 3 aromatic heterocycles. The van der Waals surface area contributed by atoms with Crippen molar-refractivity contribution in [2.45, 2.75) is 37.1 Å². The number of alkyl halides is 4. The van der Waals surface area contributed by atoms with Crippen LogP contribution in [-0.4, -0.2) is 77.4 Å². The molecular formula is C29H26F6N8OS. The first-order valence-corrected chi connectivity index (χ1v) is 15.2. The van der Waals surface area contributed by atoms with Gasteiger partial charge in [-0.05, 0) is 19.4 Å². The quantitative estimate of drug-likeness (QED) is 0.288. The van der Waals surface area contributed by atoms with E-state index < -0.39 is 57.2 Å². The summed E-state index contributed by atoms with van der Waals surface area (Å²) in [5.74, 6) is -2.26. The molecule has 3 saturated heterocycles. The van der Waals surface area contributed by atoms with Gasteiger partial charge in [-0.25, -0.2) is 13.2 Å². The zero-order chi connectivity index (χ0) is 31.7. The number of benzene rings is 1. The zero-order valence-corrected chi connectivity index (χ0v) is 24.5. The lowest BCUT2D eigenvalue weighted by Crippen LogP contribution is -2.44. The molecule has 0 aliphatic carbocycles. The molecule has 1 aromatic carbocycles. The second kappa shape index (κ2) is 10.8. The van der Waals surface area contributed by atoms with Gasteiger partial charge < -0.3 is 20.7 Å². The molecule has 3 N–H and O–H groups in total. The van der Waals surface area contributed by atoms with Crippen molar-refractivity contribution >= 4 is 43.1 Å². The van der Waals surface area contributed by atoms with Gasteiger partial charge in [0.1, 0.15) is 46.9 Å². The summed E-state index contributed by atoms with van der Waals surface area (Å²) in [5.41, 5.74) is 1.34. The number of aromatic nitrogens is 3. The van der Waals surface area contributed by atoms with Crippen molar-refractivity contribution < 1.29 is 31.1 Å². The number of hydrogen-bond donors (Lipinski definition) is 2. The number of nitriles is 1. The van der Waals surface area contributed by atoms with Crippen LogP contribution in [0.15, 0.2) is 12.3 Å². The van der Waals surface area contributed by atoms with Crippen molar-refractivity contribution in [1.29, 1.82) is 5.26 Å². The number of nitrogens with zero attached hydrogens (tertiary/aromatic N) is 6. The molecule has 0 unspecified atom stereocenters. The van der Waals surface area contributed by atoms with Crippen molar-refractivity contribution in [3.05, 3.63) is 35.0 Å². The standard InChI is InChI=1S/C29H26F6N8OS/c30-14-9-28(2-1-5-43(28)12-14)13-44-27-40-22-16(26(41-27)42-6-3-38-4-7-42)11-39-23(21(22)29(33,34)35)20-17(31)8-18(32)24-19(20)15(10-36)25(37)45-24/h8,11,14,38H,1-7,9,12-13,37H2/t14-,28+/m0/s1. The Morgan fingerprint density at radius 2 is 1.96 bits per heavy atom. The van der Waals surface area contributed by atoms with Crippen LogP contribution in [-0.2, 0) is 6.18 Å². The molecule has 9 nitrogen and oxygen atoms in total. The second-order valence-corrected chi connectivity index (χ2v) is 12.6. The number of pyridine rings is 1. The number of nitrogens with two attached hydrogens (primary N) is 1. The normalized spacial score (nSPS) is 22.3. The molecule has 0 bridgehead atoms. The SMILES string of the molecule is N#Cc1c(N)sc2c(F)cc(F)c(-c3ncc4c(N5CCNCC5)nc(OC[C@]56CCCN5C[C@@H](F)C6)nc4c3C(F)(F)F)c12. The molecule has 0 saturated carbocycles. The van der Waals surface area contributed by atoms with E-state index in [4.69, 9.17) is 10.5 Å². The zero-order valence-electron chi connectivity index (χ0n) is 23.6. The van der Waals surface area contributed by atoms with Crippen molar-refractivity contribution in [2.24, 2.45) is 0 Å². The van der Waals surface area contributed by atoms with E-state index in [2.05, 4.69) is 20.3 Å². The topological polar surface area (TPSA) is 116 Å². The summed E-state index contributed by atoms with van der Waals surface area (Å²) < 4.78 is 95.8. The monoisotopic (exact) mass is 648 g/mol. The first kappa shape index (κ1) is 29.8. The van der Waals surface area contributed by atoms with Gasteiger partial charge in [0.15, 0.2) is 0 Å². The van der Waals surface area contributed by atoms with Gasteiger partial charge >= 0.3 is 12.2 Å². The molecule has 16 heteroatoms. The summed E-state index contributed by atoms with van der Waals surface area (Å²) in [5, 5.41) is 12.3. The third kappa shape index (κ3) is 4.88. The van der Waals surface area contributed by atoms with E-state index in [1.165, 1.54) is 0 Å². The van der Waals surface area contributed by atoms with Crippen LogP contribution in [0.4, 0.5) is 37.2 Å². The number of nitrogens with one attached hydrogen (secondary N) is 1. The highest BCUT2D eigenvalue weighted by molar-refractivity contribution is 7.23. The average Bonchev–Trinajstić information content (AvgIpc) is 3.64. The minimum atomic E-state index is -5.14. The third-order valence-electron chi connectivity index (χ3n) is 8.88. The first-order chi connectivity index (χ1) is 21.5. The maximum Gasteiger partial charge on any atom is 0.420 e. The highest BCUT2D eigenvalue weighted by Gasteiger charge is 2.49. The molecule has 0 spiro atoms. The number of thiophene rings is 1. The molecular weight excluding hydrogens is 622 g/mol. The highest BCUT2D eigenvalue weighted by Crippen LogP contribution is 2.48. The van der Waals surface area contributed by atoms with E-state index in [9.17, 15) is 14.0 Å². The fourth-order valence-electron chi connectivity index (χ4n) is 6.91. The molecule has 7 rings (SSSR count). The summed E-state index contributed by atoms with van der Waals surface area (Å²) >= 11 is 0.630. The number of halogens is 6. The average molecular weight is 649 g/mol. The van der Waals surface area contributed by atoms with Crippen molar-refractivity contribution in [1.82, 2.24) is 25.2 Å². The predicted octanol–water partition coefficient (Wildman–Crippen LogP) is 5.02. The number of ether oxygens (including phenoxy) is 1. The van der Waals surface area contributed by atoms with Crippen molar-refractivity contribution in [3.8, 4) is 23.3 Å². The summed E-state index contributed by atoms with van der Waals surface area (Å²) in [6.07, 6.45) is -3.32. The molecule has 3 fully saturated rings. The number of piperazine rings is 1. The van der Waals surface area contributed by atoms with Crippen LogP contribution in [0.1, 0.15) is 30.4 Å². The van der Waals surface area contributed by atoms with Gasteiger partial charge in [0, 0.05) is 62.4 Å². The van der Waals surface area contributed by atoms with Gasteiger partial charge in [-0.3, -0.25) is 9.88 Å². The first-order valence-electron chi connectivity index (χ1n) is 14.4. The van der Waals surface area contributed by atoms with Crippen LogP contribution < -0.4 is 20.7 Å². The van der Waals surface area contributed by atoms with Gasteiger partial charge in [-0.15, -0.1) is 11.3 Å². The number of nitrogen functional groups attached to an aromatic ring is 1. The maximum absolute atomic E-state index is 15.6. The van der Waals surface area contributed by atoms with Gasteiger partial charge in [-0.2, -0.15) is 28.4 Å². The Morgan fingerprint density at radius 1 is 1.18 bits per heavy atom. The van der Waals surface area contributed by atoms with E-state index >= 15 is 17.6 Å². The smallest absolute Gasteiger partial charge is 0.420 e. The van der Waals surface area contributed by atoms with Gasteiger partial charge in [0.25, 0.3) is 0 Å². The summed E-state index contributed by atoms with van der Waals surface area (Å²) in [7, 11) is 0. The Labute approximate surface area is 256 Å². The van der Waals surface area contributed by atoms with Crippen molar-refractivity contribution in [2.75, 3.05) is 56.5 Å². The number of fused-ring (bicyclic) bond motifs is 3. The fourth-order valence-corrected chi connectivity index (χ4v) is 7.84. The van der Waals surface area contributed by atoms with E-state index in [-0.39, 0.29) is 52.1 Å². The Hall–Kier alpha value is -3.94. The molecule has 0 radical (unpaired) electrons. The van der Waals surface area contributed by atoms with Gasteiger partial charge in [-0.1, -0.05) is 0 Å². The predicted molar refractivity (Wildman–Crippen MR) is 156 cm³/mol. The van der Waals surface area contributed by atoms with E-state index in [0.717, 1.165) is 12.6 Å². The minimum Gasteiger partial charge on any atom is -0.461 e. The molecule has 4 aromatic rings. The molecule has 2 atom stereocenters. The van der Waals surface area contributed by atoms with Gasteiger partial charge in [0.05, 0.1) is 32.4 Å². The number of rotatable bonds is 5. The van der Waals surface area contributed by atoms with E-state index in [1.807, 2.05) is 4.90 Å². The molecule has 3 aliphatic rings. The lowest BCUT2D eigenvalue weighted by Gasteiger charge is -2.32. The lowest BCUT2D eigenvalue weighted by atomic mass is 9.95. The molecule has 0 amide bonds. The lowest BCUT2D eigenvalue weighted by molar-refractivity contribution is -0.136. The van der Waals surface area contributed by atoms with Crippen LogP contribution in [0.25, 0.3) is 32.2 Å². The largest absolute Gasteiger partial charge is 0.461 e. The Bertz CT molecular complexity index is 1870. The Balaban J connectivity index is 1.46. The molecule has 3 aliphatic heterocycles. The van der Waals surface area contributed by atoms with Crippen LogP contribution in [0.2, 0.25) is 0 Å². The summed E-state index contributed by atoms with van der Waals surface area (Å²) in [6.45, 7) is 2.86. The fraction of sp³-hybridized carbons (Fsp3) is 0.448. The molecule has 236 valence electrons. The summed E-state index contributed by atoms with van der Waals surface area (Å²) in [4.78, 5) is 16.6. The van der Waals surface area contributed by atoms with Crippen molar-refractivity contribution in [3.63, 3.8) is 0 Å². The maximum atomic E-state index is 15.6. The van der Waals surface area contributed by atoms with E-state index in [0.29, 0.717) is 56.5 Å². The van der Waals surface area contributed by atoms with Crippen LogP contribution in [0, 0.1) is 23.0 Å². The number of hydrogen-bond acceptors (Lipinski definition) is 10. The van der Waals surface area contributed by atoms with Crippen LogP contribution in [0.3, 0.4) is 0 Å². The third-order valence-corrected chi connectivity index (χ3v) is 9.90. The Kier molecular flexibility index (Phi) is 7.17. The van der Waals surface area contributed by atoms with E-state index in [1.54, 1.807) is 11.0 Å². The minimum absolute atomic E-state index is 0.0217. The van der Waals surface area contributed by atoms with Crippen LogP contribution in [0.5, 0.6) is 6.01 Å². The number of anilines is 2. The Morgan fingerprint density at radius 3 is 2.69 bits per heavy atom. The highest BCUT2D eigenvalue weighted by atomic mass is 32.1. The summed E-state index contributed by atoms with van der Waals surface area (Å²) in [6, 6.07) is 1.87. The van der Waals surface area contributed by atoms with Gasteiger partial charge in [0.2, 0.25) is 0 Å². The second-order valence-electron chi connectivity index (χ2n) is 11.5. The molecule has 45 heavy (non-hydrogen) atoms. The molecule has 6 heterocycles. The van der Waals surface area contributed by atoms with Crippen LogP contribution >= 0.6 is 11.3 Å².